The van der Waals surface area contributed by atoms with Crippen molar-refractivity contribution in [1.29, 1.82) is 0 Å². The van der Waals surface area contributed by atoms with Gasteiger partial charge in [0.1, 0.15) is 23.3 Å². The number of rotatable bonds is 2. The van der Waals surface area contributed by atoms with E-state index in [1.165, 1.54) is 29.2 Å². The Bertz CT molecular complexity index is 757. The zero-order valence-electron chi connectivity index (χ0n) is 13.9. The van der Waals surface area contributed by atoms with Gasteiger partial charge < -0.3 is 14.7 Å². The maximum atomic E-state index is 13.1. The molecule has 0 saturated heterocycles. The summed E-state index contributed by atoms with van der Waals surface area (Å²) in [7, 11) is 1.64. The smallest absolute Gasteiger partial charge is 0.254 e. The van der Waals surface area contributed by atoms with Crippen LogP contribution in [0.25, 0.3) is 0 Å². The number of aliphatic hydroxyl groups is 1. The van der Waals surface area contributed by atoms with Crippen molar-refractivity contribution in [3.63, 3.8) is 0 Å². The molecule has 2 aromatic carbocycles. The molecule has 2 aromatic rings. The van der Waals surface area contributed by atoms with E-state index < -0.39 is 23.6 Å². The van der Waals surface area contributed by atoms with Crippen molar-refractivity contribution < 1.29 is 19.0 Å². The fraction of sp³-hybridized carbons (Fsp3) is 0.316. The maximum absolute atomic E-state index is 13.1. The van der Waals surface area contributed by atoms with E-state index in [2.05, 4.69) is 0 Å². The molecule has 3 rings (SSSR count). The van der Waals surface area contributed by atoms with Gasteiger partial charge in [-0.3, -0.25) is 4.79 Å². The molecule has 0 bridgehead atoms. The Labute approximate surface area is 140 Å². The number of para-hydroxylation sites is 1. The number of benzene rings is 2. The second-order valence-electron chi connectivity index (χ2n) is 6.56. The Kier molecular flexibility index (Phi) is 4.05. The second-order valence-corrected chi connectivity index (χ2v) is 6.56. The number of carbonyl (C=O) groups is 1. The summed E-state index contributed by atoms with van der Waals surface area (Å²) in [6.45, 7) is 3.58. The number of hydrogen-bond acceptors (Lipinski definition) is 3. The first-order chi connectivity index (χ1) is 11.3. The Morgan fingerprint density at radius 3 is 2.46 bits per heavy atom. The van der Waals surface area contributed by atoms with Gasteiger partial charge in [0.05, 0.1) is 6.04 Å². The summed E-state index contributed by atoms with van der Waals surface area (Å²) in [4.78, 5) is 14.3. The topological polar surface area (TPSA) is 49.8 Å². The highest BCUT2D eigenvalue weighted by Gasteiger charge is 2.45. The van der Waals surface area contributed by atoms with E-state index in [1.807, 2.05) is 24.3 Å². The van der Waals surface area contributed by atoms with Crippen molar-refractivity contribution in [1.82, 2.24) is 4.90 Å². The zero-order valence-corrected chi connectivity index (χ0v) is 13.9. The number of ether oxygens (including phenoxy) is 1. The van der Waals surface area contributed by atoms with Crippen LogP contribution < -0.4 is 4.74 Å². The van der Waals surface area contributed by atoms with Crippen LogP contribution in [0, 0.1) is 5.82 Å². The van der Waals surface area contributed by atoms with E-state index in [4.69, 9.17) is 4.74 Å². The number of likely N-dealkylation sites (N-methyl/N-ethyl adjacent to an activating group) is 1. The molecule has 1 amide bonds. The van der Waals surface area contributed by atoms with Gasteiger partial charge in [-0.15, -0.1) is 0 Å². The summed E-state index contributed by atoms with van der Waals surface area (Å²) >= 11 is 0. The van der Waals surface area contributed by atoms with E-state index in [0.717, 1.165) is 5.56 Å². The predicted molar refractivity (Wildman–Crippen MR) is 88.4 cm³/mol. The third-order valence-electron chi connectivity index (χ3n) is 4.45. The van der Waals surface area contributed by atoms with Crippen molar-refractivity contribution in [2.24, 2.45) is 0 Å². The normalized spacial score (nSPS) is 21.5. The summed E-state index contributed by atoms with van der Waals surface area (Å²) in [6, 6.07) is 12.2. The molecule has 0 fully saturated rings. The molecular formula is C19H20FNO3. The van der Waals surface area contributed by atoms with Crippen LogP contribution in [0.3, 0.4) is 0 Å². The molecule has 24 heavy (non-hydrogen) atoms. The average Bonchev–Trinajstić information content (AvgIpc) is 2.55. The quantitative estimate of drug-likeness (QED) is 0.921. The molecule has 0 saturated carbocycles. The van der Waals surface area contributed by atoms with E-state index in [9.17, 15) is 14.3 Å². The number of amides is 1. The highest BCUT2D eigenvalue weighted by molar-refractivity contribution is 5.94. The standard InChI is InChI=1S/C19H20FNO3/c1-19(2)17(22)16(14-6-4-5-7-15(14)24-19)21(3)18(23)12-8-10-13(20)11-9-12/h4-11,16-17,22H,1-3H3. The highest BCUT2D eigenvalue weighted by atomic mass is 19.1. The Balaban J connectivity index is 2.00. The highest BCUT2D eigenvalue weighted by Crippen LogP contribution is 2.42. The maximum Gasteiger partial charge on any atom is 0.254 e. The van der Waals surface area contributed by atoms with Gasteiger partial charge >= 0.3 is 0 Å². The van der Waals surface area contributed by atoms with Crippen molar-refractivity contribution in [2.45, 2.75) is 31.6 Å². The van der Waals surface area contributed by atoms with Crippen molar-refractivity contribution in [2.75, 3.05) is 7.05 Å². The number of aliphatic hydroxyl groups excluding tert-OH is 1. The predicted octanol–water partition coefficient (Wildman–Crippen LogP) is 3.17. The van der Waals surface area contributed by atoms with Crippen LogP contribution in [0.15, 0.2) is 48.5 Å². The van der Waals surface area contributed by atoms with Crippen LogP contribution in [0.1, 0.15) is 35.8 Å². The lowest BCUT2D eigenvalue weighted by molar-refractivity contribution is -0.0830. The SMILES string of the molecule is CN(C(=O)c1ccc(F)cc1)C1c2ccccc2OC(C)(C)C1O. The fourth-order valence-corrected chi connectivity index (χ4v) is 3.05. The van der Waals surface area contributed by atoms with Gasteiger partial charge in [0.25, 0.3) is 5.91 Å². The number of carbonyl (C=O) groups excluding carboxylic acids is 1. The third-order valence-corrected chi connectivity index (χ3v) is 4.45. The molecule has 1 N–H and O–H groups in total. The minimum atomic E-state index is -0.901. The van der Waals surface area contributed by atoms with Gasteiger partial charge in [0.2, 0.25) is 0 Å². The van der Waals surface area contributed by atoms with Gasteiger partial charge in [-0.05, 0) is 44.2 Å². The first kappa shape index (κ1) is 16.5. The number of halogens is 1. The summed E-state index contributed by atoms with van der Waals surface area (Å²) in [5, 5.41) is 10.8. The molecule has 1 aliphatic heterocycles. The van der Waals surface area contributed by atoms with Crippen LogP contribution in [-0.2, 0) is 0 Å². The summed E-state index contributed by atoms with van der Waals surface area (Å²) in [5.41, 5.74) is 0.284. The fourth-order valence-electron chi connectivity index (χ4n) is 3.05. The minimum Gasteiger partial charge on any atom is -0.485 e. The monoisotopic (exact) mass is 329 g/mol. The van der Waals surface area contributed by atoms with E-state index in [-0.39, 0.29) is 5.91 Å². The molecular weight excluding hydrogens is 309 g/mol. The largest absolute Gasteiger partial charge is 0.485 e. The molecule has 0 radical (unpaired) electrons. The molecule has 1 aliphatic rings. The van der Waals surface area contributed by atoms with E-state index in [0.29, 0.717) is 11.3 Å². The Hall–Kier alpha value is -2.40. The van der Waals surface area contributed by atoms with Gasteiger partial charge in [0.15, 0.2) is 0 Å². The molecule has 2 unspecified atom stereocenters. The molecule has 0 aromatic heterocycles. The zero-order chi connectivity index (χ0) is 17.5. The summed E-state index contributed by atoms with van der Waals surface area (Å²) in [5.74, 6) is -0.0325. The van der Waals surface area contributed by atoms with Gasteiger partial charge in [-0.2, -0.15) is 0 Å². The van der Waals surface area contributed by atoms with Crippen LogP contribution in [-0.4, -0.2) is 34.7 Å². The molecule has 0 aliphatic carbocycles. The lowest BCUT2D eigenvalue weighted by Gasteiger charge is -2.45. The van der Waals surface area contributed by atoms with Crippen molar-refractivity contribution in [3.05, 3.63) is 65.5 Å². The average molecular weight is 329 g/mol. The van der Waals surface area contributed by atoms with Gasteiger partial charge in [-0.25, -0.2) is 4.39 Å². The van der Waals surface area contributed by atoms with Crippen LogP contribution in [0.4, 0.5) is 4.39 Å². The van der Waals surface area contributed by atoms with Crippen molar-refractivity contribution in [3.8, 4) is 5.75 Å². The molecule has 5 heteroatoms. The summed E-state index contributed by atoms with van der Waals surface area (Å²) < 4.78 is 19.0. The molecule has 1 heterocycles. The second kappa shape index (κ2) is 5.91. The summed E-state index contributed by atoms with van der Waals surface area (Å²) in [6.07, 6.45) is -0.901. The molecule has 0 spiro atoms. The Morgan fingerprint density at radius 1 is 1.17 bits per heavy atom. The van der Waals surface area contributed by atoms with E-state index >= 15 is 0 Å². The third kappa shape index (κ3) is 2.76. The van der Waals surface area contributed by atoms with E-state index in [1.54, 1.807) is 20.9 Å². The number of hydrogen-bond donors (Lipinski definition) is 1. The van der Waals surface area contributed by atoms with Crippen LogP contribution >= 0.6 is 0 Å². The molecule has 2 atom stereocenters. The van der Waals surface area contributed by atoms with Crippen LogP contribution in [0.2, 0.25) is 0 Å². The molecule has 4 nitrogen and oxygen atoms in total. The Morgan fingerprint density at radius 2 is 1.79 bits per heavy atom. The number of nitrogens with zero attached hydrogens (tertiary/aromatic N) is 1. The van der Waals surface area contributed by atoms with Crippen LogP contribution in [0.5, 0.6) is 5.75 Å². The van der Waals surface area contributed by atoms with Gasteiger partial charge in [-0.1, -0.05) is 18.2 Å². The molecule has 126 valence electrons. The minimum absolute atomic E-state index is 0.286. The van der Waals surface area contributed by atoms with Gasteiger partial charge in [0, 0.05) is 18.2 Å². The lowest BCUT2D eigenvalue weighted by Crippen LogP contribution is -2.53. The van der Waals surface area contributed by atoms with Crippen molar-refractivity contribution >= 4 is 5.91 Å². The first-order valence-electron chi connectivity index (χ1n) is 7.80. The lowest BCUT2D eigenvalue weighted by atomic mass is 9.85. The number of fused-ring (bicyclic) bond motifs is 1. The first-order valence-corrected chi connectivity index (χ1v) is 7.80.